The maximum Gasteiger partial charge on any atom is 0.176 e. The van der Waals surface area contributed by atoms with E-state index >= 15 is 0 Å². The van der Waals surface area contributed by atoms with Gasteiger partial charge in [-0.3, -0.25) is 0 Å². The predicted molar refractivity (Wildman–Crippen MR) is 72.9 cm³/mol. The van der Waals surface area contributed by atoms with Crippen LogP contribution in [-0.4, -0.2) is 27.1 Å². The monoisotopic (exact) mass is 319 g/mol. The van der Waals surface area contributed by atoms with Crippen molar-refractivity contribution in [3.05, 3.63) is 34.1 Å². The summed E-state index contributed by atoms with van der Waals surface area (Å²) in [6, 6.07) is 4.87. The lowest BCUT2D eigenvalue weighted by Gasteiger charge is -2.26. The number of hydrogen-bond acceptors (Lipinski definition) is 3. The Kier molecular flexibility index (Phi) is 6.78. The summed E-state index contributed by atoms with van der Waals surface area (Å²) in [6.07, 6.45) is 0.423. The van der Waals surface area contributed by atoms with Crippen molar-refractivity contribution in [2.24, 2.45) is 0 Å². The zero-order chi connectivity index (χ0) is 13.5. The van der Waals surface area contributed by atoms with Gasteiger partial charge < -0.3 is 14.8 Å². The number of benzene rings is 1. The molecular formula is C13H19BrFNO2. The lowest BCUT2D eigenvalue weighted by molar-refractivity contribution is -0.124. The van der Waals surface area contributed by atoms with Gasteiger partial charge in [-0.2, -0.15) is 0 Å². The number of ether oxygens (including phenoxy) is 2. The van der Waals surface area contributed by atoms with Crippen molar-refractivity contribution < 1.29 is 13.9 Å². The standard InChI is InChI=1S/C13H19BrFNO2/c1-4-8-16-12(13(17-2)18-3)9-6-5-7-10(14)11(9)15/h5-7,12-13,16H,4,8H2,1-3H3. The third-order valence-electron chi connectivity index (χ3n) is 2.67. The Balaban J connectivity index is 3.04. The Hall–Kier alpha value is -0.490. The summed E-state index contributed by atoms with van der Waals surface area (Å²) >= 11 is 3.19. The van der Waals surface area contributed by atoms with Crippen LogP contribution < -0.4 is 5.32 Å². The molecule has 18 heavy (non-hydrogen) atoms. The molecule has 0 aliphatic heterocycles. The van der Waals surface area contributed by atoms with Crippen LogP contribution in [0.2, 0.25) is 0 Å². The maximum absolute atomic E-state index is 14.1. The van der Waals surface area contributed by atoms with Gasteiger partial charge in [0.1, 0.15) is 5.82 Å². The quantitative estimate of drug-likeness (QED) is 0.783. The van der Waals surface area contributed by atoms with Crippen molar-refractivity contribution in [3.8, 4) is 0 Å². The van der Waals surface area contributed by atoms with E-state index in [1.165, 1.54) is 0 Å². The summed E-state index contributed by atoms with van der Waals surface area (Å²) in [5, 5.41) is 3.24. The average molecular weight is 320 g/mol. The summed E-state index contributed by atoms with van der Waals surface area (Å²) in [7, 11) is 3.09. The van der Waals surface area contributed by atoms with E-state index < -0.39 is 6.29 Å². The molecule has 1 N–H and O–H groups in total. The minimum absolute atomic E-state index is 0.287. The molecule has 0 bridgehead atoms. The molecule has 0 spiro atoms. The SMILES string of the molecule is CCCNC(c1cccc(Br)c1F)C(OC)OC. The van der Waals surface area contributed by atoms with Gasteiger partial charge >= 0.3 is 0 Å². The van der Waals surface area contributed by atoms with Crippen LogP contribution in [0.1, 0.15) is 24.9 Å². The minimum atomic E-state index is -0.527. The molecule has 0 heterocycles. The molecular weight excluding hydrogens is 301 g/mol. The first-order valence-electron chi connectivity index (χ1n) is 5.88. The number of methoxy groups -OCH3 is 2. The predicted octanol–water partition coefficient (Wildman–Crippen LogP) is 3.25. The smallest absolute Gasteiger partial charge is 0.176 e. The Morgan fingerprint density at radius 2 is 2.00 bits per heavy atom. The number of halogens is 2. The summed E-state index contributed by atoms with van der Waals surface area (Å²) in [5.74, 6) is -0.287. The van der Waals surface area contributed by atoms with E-state index in [1.54, 1.807) is 32.4 Å². The summed E-state index contributed by atoms with van der Waals surface area (Å²) in [6.45, 7) is 2.82. The Morgan fingerprint density at radius 1 is 1.33 bits per heavy atom. The van der Waals surface area contributed by atoms with Crippen molar-refractivity contribution in [1.82, 2.24) is 5.32 Å². The van der Waals surface area contributed by atoms with Gasteiger partial charge in [0.15, 0.2) is 6.29 Å². The molecule has 0 radical (unpaired) electrons. The van der Waals surface area contributed by atoms with Crippen LogP contribution >= 0.6 is 15.9 Å². The highest BCUT2D eigenvalue weighted by molar-refractivity contribution is 9.10. The lowest BCUT2D eigenvalue weighted by Crippen LogP contribution is -2.35. The van der Waals surface area contributed by atoms with Crippen molar-refractivity contribution >= 4 is 15.9 Å². The molecule has 102 valence electrons. The van der Waals surface area contributed by atoms with E-state index in [-0.39, 0.29) is 11.9 Å². The van der Waals surface area contributed by atoms with E-state index in [0.29, 0.717) is 10.0 Å². The molecule has 5 heteroatoms. The fourth-order valence-electron chi connectivity index (χ4n) is 1.78. The summed E-state index contributed by atoms with van der Waals surface area (Å²) in [5.41, 5.74) is 0.534. The second-order valence-electron chi connectivity index (χ2n) is 3.91. The van der Waals surface area contributed by atoms with Gasteiger partial charge in [-0.1, -0.05) is 19.1 Å². The van der Waals surface area contributed by atoms with Gasteiger partial charge in [0.05, 0.1) is 10.5 Å². The van der Waals surface area contributed by atoms with E-state index in [9.17, 15) is 4.39 Å². The highest BCUT2D eigenvalue weighted by atomic mass is 79.9. The first-order chi connectivity index (χ1) is 8.65. The van der Waals surface area contributed by atoms with Crippen LogP contribution in [0.4, 0.5) is 4.39 Å². The number of rotatable bonds is 7. The molecule has 1 aromatic rings. The largest absolute Gasteiger partial charge is 0.354 e. The van der Waals surface area contributed by atoms with Crippen LogP contribution in [0.25, 0.3) is 0 Å². The first-order valence-corrected chi connectivity index (χ1v) is 6.67. The van der Waals surface area contributed by atoms with Crippen molar-refractivity contribution in [2.45, 2.75) is 25.7 Å². The van der Waals surface area contributed by atoms with Crippen molar-refractivity contribution in [1.29, 1.82) is 0 Å². The van der Waals surface area contributed by atoms with E-state index in [4.69, 9.17) is 9.47 Å². The van der Waals surface area contributed by atoms with Crippen molar-refractivity contribution in [3.63, 3.8) is 0 Å². The second-order valence-corrected chi connectivity index (χ2v) is 4.77. The molecule has 0 saturated carbocycles. The highest BCUT2D eigenvalue weighted by Crippen LogP contribution is 2.27. The topological polar surface area (TPSA) is 30.5 Å². The molecule has 0 fully saturated rings. The van der Waals surface area contributed by atoms with Gasteiger partial charge in [0, 0.05) is 19.8 Å². The van der Waals surface area contributed by atoms with Crippen LogP contribution in [0, 0.1) is 5.82 Å². The average Bonchev–Trinajstić information content (AvgIpc) is 2.38. The Bertz CT molecular complexity index is 372. The van der Waals surface area contributed by atoms with Gasteiger partial charge in [-0.15, -0.1) is 0 Å². The number of nitrogens with one attached hydrogen (secondary N) is 1. The summed E-state index contributed by atoms with van der Waals surface area (Å²) < 4.78 is 25.0. The molecule has 1 atom stereocenters. The normalized spacial score (nSPS) is 13.0. The van der Waals surface area contributed by atoms with Crippen LogP contribution in [0.15, 0.2) is 22.7 Å². The molecule has 0 saturated heterocycles. The van der Waals surface area contributed by atoms with Gasteiger partial charge in [-0.05, 0) is 35.0 Å². The second kappa shape index (κ2) is 7.84. The summed E-state index contributed by atoms with van der Waals surface area (Å²) in [4.78, 5) is 0. The maximum atomic E-state index is 14.1. The third-order valence-corrected chi connectivity index (χ3v) is 3.28. The lowest BCUT2D eigenvalue weighted by atomic mass is 10.1. The minimum Gasteiger partial charge on any atom is -0.354 e. The molecule has 0 aromatic heterocycles. The molecule has 1 aromatic carbocycles. The van der Waals surface area contributed by atoms with Crippen molar-refractivity contribution in [2.75, 3.05) is 20.8 Å². The van der Waals surface area contributed by atoms with Crippen LogP contribution in [0.3, 0.4) is 0 Å². The zero-order valence-electron chi connectivity index (χ0n) is 10.9. The Morgan fingerprint density at radius 3 is 2.56 bits per heavy atom. The van der Waals surface area contributed by atoms with E-state index in [0.717, 1.165) is 13.0 Å². The third kappa shape index (κ3) is 3.75. The molecule has 1 rings (SSSR count). The fourth-order valence-corrected chi connectivity index (χ4v) is 2.16. The zero-order valence-corrected chi connectivity index (χ0v) is 12.5. The van der Waals surface area contributed by atoms with Crippen LogP contribution in [0.5, 0.6) is 0 Å². The Labute approximate surface area is 116 Å². The fraction of sp³-hybridized carbons (Fsp3) is 0.538. The molecule has 1 unspecified atom stereocenters. The van der Waals surface area contributed by atoms with E-state index in [2.05, 4.69) is 28.2 Å². The van der Waals surface area contributed by atoms with Gasteiger partial charge in [0.2, 0.25) is 0 Å². The van der Waals surface area contributed by atoms with Crippen LogP contribution in [-0.2, 0) is 9.47 Å². The van der Waals surface area contributed by atoms with E-state index in [1.807, 2.05) is 0 Å². The van der Waals surface area contributed by atoms with Gasteiger partial charge in [0.25, 0.3) is 0 Å². The molecule has 0 aliphatic rings. The molecule has 0 aliphatic carbocycles. The molecule has 0 amide bonds. The van der Waals surface area contributed by atoms with Gasteiger partial charge in [-0.25, -0.2) is 4.39 Å². The number of hydrogen-bond donors (Lipinski definition) is 1. The first kappa shape index (κ1) is 15.6. The molecule has 3 nitrogen and oxygen atoms in total. The highest BCUT2D eigenvalue weighted by Gasteiger charge is 2.25.